The summed E-state index contributed by atoms with van der Waals surface area (Å²) in [5.74, 6) is 2.60. The predicted molar refractivity (Wildman–Crippen MR) is 76.9 cm³/mol. The molecule has 1 amide bonds. The molecule has 0 aliphatic carbocycles. The van der Waals surface area contributed by atoms with Gasteiger partial charge in [-0.1, -0.05) is 18.2 Å². The Morgan fingerprint density at radius 2 is 2.10 bits per heavy atom. The van der Waals surface area contributed by atoms with E-state index in [-0.39, 0.29) is 5.91 Å². The van der Waals surface area contributed by atoms with Crippen LogP contribution in [0.25, 0.3) is 0 Å². The second-order valence-corrected chi connectivity index (χ2v) is 5.12. The fourth-order valence-electron chi connectivity index (χ4n) is 2.64. The molecule has 6 heteroatoms. The lowest BCUT2D eigenvalue weighted by molar-refractivity contribution is -0.132. The van der Waals surface area contributed by atoms with E-state index in [0.717, 1.165) is 29.5 Å². The van der Waals surface area contributed by atoms with Crippen molar-refractivity contribution in [3.05, 3.63) is 41.5 Å². The third kappa shape index (κ3) is 2.61. The van der Waals surface area contributed by atoms with E-state index < -0.39 is 0 Å². The predicted octanol–water partition coefficient (Wildman–Crippen LogP) is 1.18. The molecular formula is C15H18N4O2. The van der Waals surface area contributed by atoms with Crippen molar-refractivity contribution >= 4 is 5.91 Å². The quantitative estimate of drug-likeness (QED) is 0.850. The van der Waals surface area contributed by atoms with Crippen LogP contribution in [0.1, 0.15) is 17.2 Å². The van der Waals surface area contributed by atoms with Crippen molar-refractivity contribution in [3.63, 3.8) is 0 Å². The minimum absolute atomic E-state index is 0.0893. The van der Waals surface area contributed by atoms with E-state index in [1.807, 2.05) is 36.1 Å². The van der Waals surface area contributed by atoms with Crippen LogP contribution < -0.4 is 4.74 Å². The SMILES string of the molecule is COc1ccccc1CC(=O)N1CCn2c(C)nnc2C1. The van der Waals surface area contributed by atoms with E-state index in [1.165, 1.54) is 0 Å². The number of carbonyl (C=O) groups excluding carboxylic acids is 1. The van der Waals surface area contributed by atoms with Gasteiger partial charge in [0.1, 0.15) is 11.6 Å². The molecule has 1 aliphatic rings. The van der Waals surface area contributed by atoms with Gasteiger partial charge in [0.15, 0.2) is 5.82 Å². The van der Waals surface area contributed by atoms with Crippen LogP contribution in [0.5, 0.6) is 5.75 Å². The van der Waals surface area contributed by atoms with Gasteiger partial charge in [-0.15, -0.1) is 10.2 Å². The first-order valence-corrected chi connectivity index (χ1v) is 6.97. The Morgan fingerprint density at radius 1 is 1.29 bits per heavy atom. The molecule has 3 rings (SSSR count). The molecule has 0 bridgehead atoms. The normalized spacial score (nSPS) is 13.9. The number of ether oxygens (including phenoxy) is 1. The number of benzene rings is 1. The van der Waals surface area contributed by atoms with Crippen LogP contribution in [-0.2, 0) is 24.3 Å². The molecule has 0 radical (unpaired) electrons. The van der Waals surface area contributed by atoms with Crippen molar-refractivity contribution in [1.29, 1.82) is 0 Å². The smallest absolute Gasteiger partial charge is 0.227 e. The Hall–Kier alpha value is -2.37. The third-order valence-corrected chi connectivity index (χ3v) is 3.83. The number of nitrogens with zero attached hydrogens (tertiary/aromatic N) is 4. The lowest BCUT2D eigenvalue weighted by Gasteiger charge is -2.27. The van der Waals surface area contributed by atoms with E-state index >= 15 is 0 Å². The van der Waals surface area contributed by atoms with Gasteiger partial charge in [0.2, 0.25) is 5.91 Å². The van der Waals surface area contributed by atoms with Crippen molar-refractivity contribution in [2.45, 2.75) is 26.4 Å². The highest BCUT2D eigenvalue weighted by molar-refractivity contribution is 5.79. The number of para-hydroxylation sites is 1. The summed E-state index contributed by atoms with van der Waals surface area (Å²) < 4.78 is 7.36. The summed E-state index contributed by atoms with van der Waals surface area (Å²) >= 11 is 0. The van der Waals surface area contributed by atoms with Gasteiger partial charge in [-0.25, -0.2) is 0 Å². The summed E-state index contributed by atoms with van der Waals surface area (Å²) in [6.07, 6.45) is 0.344. The minimum atomic E-state index is 0.0893. The first kappa shape index (κ1) is 13.6. The number of rotatable bonds is 3. The molecule has 2 aromatic rings. The zero-order valence-corrected chi connectivity index (χ0v) is 12.2. The fourth-order valence-corrected chi connectivity index (χ4v) is 2.64. The van der Waals surface area contributed by atoms with Crippen LogP contribution in [0.15, 0.2) is 24.3 Å². The molecule has 0 atom stereocenters. The monoisotopic (exact) mass is 286 g/mol. The molecule has 1 aliphatic heterocycles. The number of hydrogen-bond acceptors (Lipinski definition) is 4. The van der Waals surface area contributed by atoms with Crippen molar-refractivity contribution in [2.75, 3.05) is 13.7 Å². The minimum Gasteiger partial charge on any atom is -0.496 e. The van der Waals surface area contributed by atoms with E-state index in [4.69, 9.17) is 4.74 Å². The molecule has 1 aromatic carbocycles. The number of aryl methyl sites for hydroxylation is 1. The third-order valence-electron chi connectivity index (χ3n) is 3.83. The number of amides is 1. The number of fused-ring (bicyclic) bond motifs is 1. The van der Waals surface area contributed by atoms with Gasteiger partial charge in [0, 0.05) is 18.7 Å². The zero-order valence-electron chi connectivity index (χ0n) is 12.2. The Kier molecular flexibility index (Phi) is 3.60. The van der Waals surface area contributed by atoms with Crippen molar-refractivity contribution in [1.82, 2.24) is 19.7 Å². The molecule has 1 aromatic heterocycles. The summed E-state index contributed by atoms with van der Waals surface area (Å²) in [6.45, 7) is 3.91. The average molecular weight is 286 g/mol. The molecule has 2 heterocycles. The molecule has 0 saturated heterocycles. The number of hydrogen-bond donors (Lipinski definition) is 0. The average Bonchev–Trinajstić information content (AvgIpc) is 2.88. The summed E-state index contributed by atoms with van der Waals surface area (Å²) in [5, 5.41) is 8.18. The Morgan fingerprint density at radius 3 is 2.90 bits per heavy atom. The highest BCUT2D eigenvalue weighted by atomic mass is 16.5. The molecular weight excluding hydrogens is 268 g/mol. The largest absolute Gasteiger partial charge is 0.496 e. The van der Waals surface area contributed by atoms with Crippen molar-refractivity contribution in [2.24, 2.45) is 0 Å². The van der Waals surface area contributed by atoms with Crippen LogP contribution in [-0.4, -0.2) is 39.2 Å². The molecule has 110 valence electrons. The Bertz CT molecular complexity index is 665. The summed E-state index contributed by atoms with van der Waals surface area (Å²) in [5.41, 5.74) is 0.910. The van der Waals surface area contributed by atoms with Crippen molar-refractivity contribution in [3.8, 4) is 5.75 Å². The van der Waals surface area contributed by atoms with Gasteiger partial charge in [0.25, 0.3) is 0 Å². The van der Waals surface area contributed by atoms with Crippen LogP contribution in [0, 0.1) is 6.92 Å². The maximum absolute atomic E-state index is 12.5. The topological polar surface area (TPSA) is 60.2 Å². The second-order valence-electron chi connectivity index (χ2n) is 5.12. The van der Waals surface area contributed by atoms with E-state index in [0.29, 0.717) is 19.5 Å². The highest BCUT2D eigenvalue weighted by Gasteiger charge is 2.23. The Labute approximate surface area is 123 Å². The van der Waals surface area contributed by atoms with E-state index in [2.05, 4.69) is 14.8 Å². The van der Waals surface area contributed by atoms with Gasteiger partial charge in [-0.05, 0) is 13.0 Å². The molecule has 21 heavy (non-hydrogen) atoms. The second kappa shape index (κ2) is 5.55. The number of methoxy groups -OCH3 is 1. The van der Waals surface area contributed by atoms with Crippen LogP contribution in [0.2, 0.25) is 0 Å². The molecule has 0 N–H and O–H groups in total. The summed E-state index contributed by atoms with van der Waals surface area (Å²) in [6, 6.07) is 7.62. The van der Waals surface area contributed by atoms with Gasteiger partial charge in [-0.3, -0.25) is 4.79 Å². The van der Waals surface area contributed by atoms with Crippen LogP contribution in [0.3, 0.4) is 0 Å². The maximum atomic E-state index is 12.5. The van der Waals surface area contributed by atoms with Crippen molar-refractivity contribution < 1.29 is 9.53 Å². The lowest BCUT2D eigenvalue weighted by atomic mass is 10.1. The first-order valence-electron chi connectivity index (χ1n) is 6.97. The van der Waals surface area contributed by atoms with Gasteiger partial charge >= 0.3 is 0 Å². The van der Waals surface area contributed by atoms with Gasteiger partial charge in [0.05, 0.1) is 20.1 Å². The standard InChI is InChI=1S/C15H18N4O2/c1-11-16-17-14-10-18(7-8-19(11)14)15(20)9-12-5-3-4-6-13(12)21-2/h3-6H,7-10H2,1-2H3. The van der Waals surface area contributed by atoms with Gasteiger partial charge < -0.3 is 14.2 Å². The first-order chi connectivity index (χ1) is 10.2. The van der Waals surface area contributed by atoms with Crippen LogP contribution >= 0.6 is 0 Å². The zero-order chi connectivity index (χ0) is 14.8. The lowest BCUT2D eigenvalue weighted by Crippen LogP contribution is -2.39. The molecule has 0 spiro atoms. The maximum Gasteiger partial charge on any atom is 0.227 e. The number of carbonyl (C=O) groups is 1. The molecule has 0 saturated carbocycles. The molecule has 0 fully saturated rings. The highest BCUT2D eigenvalue weighted by Crippen LogP contribution is 2.20. The fraction of sp³-hybridized carbons (Fsp3) is 0.400. The summed E-state index contributed by atoms with van der Waals surface area (Å²) in [7, 11) is 1.62. The van der Waals surface area contributed by atoms with Crippen LogP contribution in [0.4, 0.5) is 0 Å². The molecule has 0 unspecified atom stereocenters. The van der Waals surface area contributed by atoms with E-state index in [9.17, 15) is 4.79 Å². The number of aromatic nitrogens is 3. The van der Waals surface area contributed by atoms with Gasteiger partial charge in [-0.2, -0.15) is 0 Å². The molecule has 6 nitrogen and oxygen atoms in total. The summed E-state index contributed by atoms with van der Waals surface area (Å²) in [4.78, 5) is 14.3. The van der Waals surface area contributed by atoms with E-state index in [1.54, 1.807) is 7.11 Å². The Balaban J connectivity index is 1.72.